The maximum atomic E-state index is 5.86. The number of benzene rings is 1. The summed E-state index contributed by atoms with van der Waals surface area (Å²) in [7, 11) is 0. The predicted octanol–water partition coefficient (Wildman–Crippen LogP) is 5.62. The number of aromatic nitrogens is 3. The van der Waals surface area contributed by atoms with E-state index < -0.39 is 0 Å². The van der Waals surface area contributed by atoms with Crippen molar-refractivity contribution in [2.24, 2.45) is 0 Å². The molecule has 1 aromatic carbocycles. The molecule has 2 atom stereocenters. The van der Waals surface area contributed by atoms with Gasteiger partial charge in [0.15, 0.2) is 5.11 Å². The average molecular weight is 468 g/mol. The zero-order chi connectivity index (χ0) is 23.7. The van der Waals surface area contributed by atoms with E-state index in [9.17, 15) is 0 Å². The van der Waals surface area contributed by atoms with Crippen molar-refractivity contribution in [2.75, 3.05) is 0 Å². The van der Waals surface area contributed by atoms with Gasteiger partial charge in [-0.25, -0.2) is 0 Å². The Balaban J connectivity index is 1.60. The van der Waals surface area contributed by atoms with Gasteiger partial charge in [-0.05, 0) is 91.6 Å². The molecule has 34 heavy (non-hydrogen) atoms. The lowest BCUT2D eigenvalue weighted by Gasteiger charge is -2.28. The van der Waals surface area contributed by atoms with Gasteiger partial charge < -0.3 is 14.8 Å². The Morgan fingerprint density at radius 2 is 1.71 bits per heavy atom. The van der Waals surface area contributed by atoms with Gasteiger partial charge in [0.25, 0.3) is 0 Å². The first-order chi connectivity index (χ1) is 16.6. The molecule has 0 bridgehead atoms. The first kappa shape index (κ1) is 22.3. The third-order valence-electron chi connectivity index (χ3n) is 6.69. The highest BCUT2D eigenvalue weighted by molar-refractivity contribution is 7.80. The number of hydrogen-bond acceptors (Lipinski definition) is 3. The average Bonchev–Trinajstić information content (AvgIpc) is 3.35. The molecular formula is C28H29N5S. The summed E-state index contributed by atoms with van der Waals surface area (Å²) in [5, 5.41) is 4.31. The van der Waals surface area contributed by atoms with Gasteiger partial charge >= 0.3 is 0 Å². The molecule has 0 saturated carbocycles. The Hall–Kier alpha value is -3.51. The highest BCUT2D eigenvalue weighted by Gasteiger charge is 2.41. The van der Waals surface area contributed by atoms with E-state index in [1.807, 2.05) is 42.9 Å². The van der Waals surface area contributed by atoms with Crippen molar-refractivity contribution in [3.63, 3.8) is 0 Å². The first-order valence-corrected chi connectivity index (χ1v) is 12.1. The minimum Gasteiger partial charge on any atom is -0.352 e. The number of hydrogen-bond donors (Lipinski definition) is 1. The van der Waals surface area contributed by atoms with Crippen LogP contribution in [-0.4, -0.2) is 24.5 Å². The maximum absolute atomic E-state index is 5.86. The number of nitrogens with zero attached hydrogens (tertiary/aromatic N) is 4. The molecule has 1 N–H and O–H groups in total. The summed E-state index contributed by atoms with van der Waals surface area (Å²) in [4.78, 5) is 11.1. The largest absolute Gasteiger partial charge is 0.352 e. The summed E-state index contributed by atoms with van der Waals surface area (Å²) in [6, 6.07) is 21.3. The molecule has 0 amide bonds. The monoisotopic (exact) mass is 467 g/mol. The van der Waals surface area contributed by atoms with Crippen LogP contribution in [0.1, 0.15) is 52.8 Å². The maximum Gasteiger partial charge on any atom is 0.170 e. The van der Waals surface area contributed by atoms with Crippen LogP contribution in [0.5, 0.6) is 0 Å². The lowest BCUT2D eigenvalue weighted by atomic mass is 9.96. The summed E-state index contributed by atoms with van der Waals surface area (Å²) in [5.74, 6) is 0. The predicted molar refractivity (Wildman–Crippen MR) is 140 cm³/mol. The van der Waals surface area contributed by atoms with Crippen LogP contribution in [0.15, 0.2) is 79.3 Å². The molecule has 4 heterocycles. The smallest absolute Gasteiger partial charge is 0.170 e. The fraction of sp³-hybridized carbons (Fsp3) is 0.250. The number of nitrogens with one attached hydrogen (secondary N) is 1. The van der Waals surface area contributed by atoms with E-state index in [0.29, 0.717) is 6.54 Å². The Morgan fingerprint density at radius 1 is 0.941 bits per heavy atom. The molecule has 1 saturated heterocycles. The number of aryl methyl sites for hydroxylation is 2. The van der Waals surface area contributed by atoms with Gasteiger partial charge in [-0.3, -0.25) is 9.97 Å². The molecule has 0 spiro atoms. The van der Waals surface area contributed by atoms with Crippen LogP contribution in [0.3, 0.4) is 0 Å². The Labute approximate surface area is 206 Å². The lowest BCUT2D eigenvalue weighted by Crippen LogP contribution is -2.29. The third-order valence-corrected chi connectivity index (χ3v) is 7.04. The Morgan fingerprint density at radius 3 is 2.38 bits per heavy atom. The van der Waals surface area contributed by atoms with Crippen molar-refractivity contribution in [3.8, 4) is 5.69 Å². The van der Waals surface area contributed by atoms with E-state index in [1.165, 1.54) is 33.8 Å². The minimum atomic E-state index is -0.0352. The van der Waals surface area contributed by atoms with Gasteiger partial charge in [-0.15, -0.1) is 0 Å². The van der Waals surface area contributed by atoms with Crippen molar-refractivity contribution in [3.05, 3.63) is 113 Å². The van der Waals surface area contributed by atoms with Gasteiger partial charge in [0.05, 0.1) is 17.8 Å². The van der Waals surface area contributed by atoms with E-state index in [0.717, 1.165) is 17.2 Å². The molecule has 0 aliphatic carbocycles. The second kappa shape index (κ2) is 9.39. The highest BCUT2D eigenvalue weighted by Crippen LogP contribution is 2.42. The number of pyridine rings is 2. The normalized spacial score (nSPS) is 17.7. The van der Waals surface area contributed by atoms with Crippen LogP contribution in [-0.2, 0) is 13.0 Å². The molecule has 5 nitrogen and oxygen atoms in total. The molecule has 0 radical (unpaired) electrons. The standard InChI is InChI=1S/C28H29N5S/c1-4-21-8-10-23(11-9-21)33-19(2)17-24(20(33)3)27-26(25-7-5-6-14-30-25)31-28(34)32(27)18-22-12-15-29-16-13-22/h5-17,26-27H,4,18H2,1-3H3,(H,31,34)/t26-,27-/m0/s1. The molecule has 172 valence electrons. The van der Waals surface area contributed by atoms with Crippen LogP contribution >= 0.6 is 12.2 Å². The summed E-state index contributed by atoms with van der Waals surface area (Å²) < 4.78 is 2.34. The topological polar surface area (TPSA) is 46.0 Å². The fourth-order valence-electron chi connectivity index (χ4n) is 4.96. The van der Waals surface area contributed by atoms with E-state index in [2.05, 4.69) is 81.9 Å². The van der Waals surface area contributed by atoms with Crippen molar-refractivity contribution in [2.45, 2.75) is 45.8 Å². The summed E-state index contributed by atoms with van der Waals surface area (Å²) in [5.41, 5.74) is 8.38. The van der Waals surface area contributed by atoms with E-state index in [4.69, 9.17) is 12.2 Å². The molecule has 3 aromatic heterocycles. The molecule has 0 unspecified atom stereocenters. The van der Waals surface area contributed by atoms with Gasteiger partial charge in [0.2, 0.25) is 0 Å². The fourth-order valence-corrected chi connectivity index (χ4v) is 5.27. The van der Waals surface area contributed by atoms with Crippen molar-refractivity contribution >= 4 is 17.3 Å². The second-order valence-electron chi connectivity index (χ2n) is 8.79. The van der Waals surface area contributed by atoms with Crippen LogP contribution in [0, 0.1) is 13.8 Å². The van der Waals surface area contributed by atoms with Crippen molar-refractivity contribution in [1.29, 1.82) is 0 Å². The minimum absolute atomic E-state index is 0.0189. The van der Waals surface area contributed by atoms with Crippen molar-refractivity contribution < 1.29 is 0 Å². The third kappa shape index (κ3) is 4.10. The number of thiocarbonyl (C=S) groups is 1. The van der Waals surface area contributed by atoms with Crippen LogP contribution in [0.25, 0.3) is 5.69 Å². The quantitative estimate of drug-likeness (QED) is 0.373. The molecule has 6 heteroatoms. The van der Waals surface area contributed by atoms with Crippen LogP contribution in [0.4, 0.5) is 0 Å². The van der Waals surface area contributed by atoms with E-state index >= 15 is 0 Å². The molecule has 4 aromatic rings. The second-order valence-corrected chi connectivity index (χ2v) is 9.18. The van der Waals surface area contributed by atoms with Gasteiger partial charge in [0.1, 0.15) is 0 Å². The van der Waals surface area contributed by atoms with E-state index in [1.54, 1.807) is 0 Å². The van der Waals surface area contributed by atoms with Crippen LogP contribution in [0.2, 0.25) is 0 Å². The lowest BCUT2D eigenvalue weighted by molar-refractivity contribution is 0.310. The van der Waals surface area contributed by atoms with Gasteiger partial charge in [0, 0.05) is 42.2 Å². The Kier molecular flexibility index (Phi) is 6.16. The first-order valence-electron chi connectivity index (χ1n) is 11.7. The van der Waals surface area contributed by atoms with Gasteiger partial charge in [-0.2, -0.15) is 0 Å². The highest BCUT2D eigenvalue weighted by atomic mass is 32.1. The van der Waals surface area contributed by atoms with Crippen LogP contribution < -0.4 is 5.32 Å². The Bertz CT molecular complexity index is 1280. The zero-order valence-electron chi connectivity index (χ0n) is 19.8. The molecule has 1 aliphatic heterocycles. The molecular weight excluding hydrogens is 438 g/mol. The molecule has 5 rings (SSSR count). The number of rotatable bonds is 6. The van der Waals surface area contributed by atoms with E-state index in [-0.39, 0.29) is 12.1 Å². The molecule has 1 fully saturated rings. The summed E-state index contributed by atoms with van der Waals surface area (Å²) in [6.07, 6.45) is 6.55. The summed E-state index contributed by atoms with van der Waals surface area (Å²) in [6.45, 7) is 7.27. The van der Waals surface area contributed by atoms with Gasteiger partial charge in [-0.1, -0.05) is 25.1 Å². The summed E-state index contributed by atoms with van der Waals surface area (Å²) >= 11 is 5.86. The zero-order valence-corrected chi connectivity index (χ0v) is 20.6. The molecule has 1 aliphatic rings. The van der Waals surface area contributed by atoms with Crippen molar-refractivity contribution in [1.82, 2.24) is 24.8 Å². The SMILES string of the molecule is CCc1ccc(-n2c(C)cc([C@H]3[C@H](c4ccccn4)NC(=S)N3Cc3ccncc3)c2C)cc1.